The highest BCUT2D eigenvalue weighted by molar-refractivity contribution is 6.31. The molecule has 3 aromatic rings. The number of halogens is 1. The Hall–Kier alpha value is -3.84. The standard InChI is InChI=1S/C26H25ClN2O5/c1-16(24(30)29-22-6-4-3-5-20(22)26(32)33)18-9-7-17(8-10-18)13-14-28-25(31)21-15-19(27)11-12-23(21)34-2/h3-12,15-16H,13-14H2,1-2H3,(H,28,31)(H,29,30)(H,32,33). The van der Waals surface area contributed by atoms with Gasteiger partial charge in [-0.1, -0.05) is 48.0 Å². The molecule has 2 amide bonds. The summed E-state index contributed by atoms with van der Waals surface area (Å²) in [6.07, 6.45) is 0.599. The first-order valence-corrected chi connectivity index (χ1v) is 11.0. The Morgan fingerprint density at radius 3 is 2.38 bits per heavy atom. The first-order valence-electron chi connectivity index (χ1n) is 10.6. The molecule has 0 aliphatic heterocycles. The van der Waals surface area contributed by atoms with Crippen LogP contribution in [0.25, 0.3) is 0 Å². The van der Waals surface area contributed by atoms with Crippen LogP contribution in [0.4, 0.5) is 5.69 Å². The number of carboxylic acid groups (broad SMARTS) is 1. The van der Waals surface area contributed by atoms with Crippen molar-refractivity contribution in [2.75, 3.05) is 19.0 Å². The second kappa shape index (κ2) is 11.3. The normalized spacial score (nSPS) is 11.4. The lowest BCUT2D eigenvalue weighted by Gasteiger charge is -2.14. The third-order valence-electron chi connectivity index (χ3n) is 5.39. The van der Waals surface area contributed by atoms with Gasteiger partial charge in [-0.05, 0) is 54.8 Å². The van der Waals surface area contributed by atoms with Gasteiger partial charge in [0.15, 0.2) is 0 Å². The van der Waals surface area contributed by atoms with Gasteiger partial charge in [-0.3, -0.25) is 9.59 Å². The summed E-state index contributed by atoms with van der Waals surface area (Å²) in [5, 5.41) is 15.3. The van der Waals surface area contributed by atoms with Crippen molar-refractivity contribution in [3.05, 3.63) is 94.0 Å². The molecule has 0 spiro atoms. The van der Waals surface area contributed by atoms with Crippen molar-refractivity contribution in [3.8, 4) is 5.75 Å². The van der Waals surface area contributed by atoms with Crippen LogP contribution in [0.1, 0.15) is 44.7 Å². The molecule has 0 aliphatic rings. The minimum absolute atomic E-state index is 0.0378. The summed E-state index contributed by atoms with van der Waals surface area (Å²) >= 11 is 5.99. The quantitative estimate of drug-likeness (QED) is 0.409. The molecule has 0 aliphatic carbocycles. The molecule has 176 valence electrons. The van der Waals surface area contributed by atoms with Crippen LogP contribution in [0, 0.1) is 0 Å². The summed E-state index contributed by atoms with van der Waals surface area (Å²) in [6.45, 7) is 2.17. The number of methoxy groups -OCH3 is 1. The summed E-state index contributed by atoms with van der Waals surface area (Å²) in [7, 11) is 1.49. The predicted octanol–water partition coefficient (Wildman–Crippen LogP) is 4.76. The van der Waals surface area contributed by atoms with Gasteiger partial charge in [-0.15, -0.1) is 0 Å². The summed E-state index contributed by atoms with van der Waals surface area (Å²) < 4.78 is 5.22. The summed E-state index contributed by atoms with van der Waals surface area (Å²) in [6, 6.07) is 18.6. The number of nitrogens with one attached hydrogen (secondary N) is 2. The molecule has 0 fully saturated rings. The fraction of sp³-hybridized carbons (Fsp3) is 0.192. The Morgan fingerprint density at radius 1 is 1.00 bits per heavy atom. The number of para-hydroxylation sites is 1. The average Bonchev–Trinajstić information content (AvgIpc) is 2.84. The summed E-state index contributed by atoms with van der Waals surface area (Å²) in [4.78, 5) is 36.5. The van der Waals surface area contributed by atoms with E-state index >= 15 is 0 Å². The van der Waals surface area contributed by atoms with E-state index in [9.17, 15) is 19.5 Å². The lowest BCUT2D eigenvalue weighted by Crippen LogP contribution is -2.26. The number of benzene rings is 3. The number of anilines is 1. The highest BCUT2D eigenvalue weighted by Crippen LogP contribution is 2.23. The molecular formula is C26H25ClN2O5. The third-order valence-corrected chi connectivity index (χ3v) is 5.63. The van der Waals surface area contributed by atoms with Crippen molar-refractivity contribution in [2.24, 2.45) is 0 Å². The summed E-state index contributed by atoms with van der Waals surface area (Å²) in [5.74, 6) is -1.71. The molecule has 1 unspecified atom stereocenters. The maximum absolute atomic E-state index is 12.7. The molecule has 0 bridgehead atoms. The Bertz CT molecular complexity index is 1190. The Morgan fingerprint density at radius 2 is 1.71 bits per heavy atom. The molecule has 1 atom stereocenters. The number of carbonyl (C=O) groups is 3. The highest BCUT2D eigenvalue weighted by Gasteiger charge is 2.18. The van der Waals surface area contributed by atoms with Crippen LogP contribution in [-0.4, -0.2) is 36.5 Å². The zero-order chi connectivity index (χ0) is 24.7. The molecule has 7 nitrogen and oxygen atoms in total. The average molecular weight is 481 g/mol. The van der Waals surface area contributed by atoms with Gasteiger partial charge in [0, 0.05) is 11.6 Å². The molecule has 3 N–H and O–H groups in total. The molecule has 3 rings (SSSR count). The number of hydrogen-bond donors (Lipinski definition) is 3. The van der Waals surface area contributed by atoms with Gasteiger partial charge in [0.1, 0.15) is 5.75 Å². The van der Waals surface area contributed by atoms with E-state index in [2.05, 4.69) is 10.6 Å². The Kier molecular flexibility index (Phi) is 8.27. The number of hydrogen-bond acceptors (Lipinski definition) is 4. The fourth-order valence-electron chi connectivity index (χ4n) is 3.42. The topological polar surface area (TPSA) is 105 Å². The van der Waals surface area contributed by atoms with Crippen LogP contribution < -0.4 is 15.4 Å². The van der Waals surface area contributed by atoms with Crippen LogP contribution in [0.15, 0.2) is 66.7 Å². The van der Waals surface area contributed by atoms with Gasteiger partial charge in [0.05, 0.1) is 29.8 Å². The number of carboxylic acids is 1. The lowest BCUT2D eigenvalue weighted by molar-refractivity contribution is -0.117. The molecule has 0 heterocycles. The van der Waals surface area contributed by atoms with Crippen molar-refractivity contribution in [3.63, 3.8) is 0 Å². The minimum Gasteiger partial charge on any atom is -0.496 e. The van der Waals surface area contributed by atoms with Gasteiger partial charge in [-0.25, -0.2) is 4.79 Å². The van der Waals surface area contributed by atoms with Crippen LogP contribution in [-0.2, 0) is 11.2 Å². The van der Waals surface area contributed by atoms with Crippen molar-refractivity contribution in [1.82, 2.24) is 5.32 Å². The Labute approximate surface area is 202 Å². The summed E-state index contributed by atoms with van der Waals surface area (Å²) in [5.41, 5.74) is 2.45. The van der Waals surface area contributed by atoms with Crippen molar-refractivity contribution < 1.29 is 24.2 Å². The molecule has 0 radical (unpaired) electrons. The van der Waals surface area contributed by atoms with Crippen LogP contribution in [0.5, 0.6) is 5.75 Å². The van der Waals surface area contributed by atoms with E-state index in [-0.39, 0.29) is 23.1 Å². The van der Waals surface area contributed by atoms with Gasteiger partial charge in [-0.2, -0.15) is 0 Å². The van der Waals surface area contributed by atoms with Crippen LogP contribution >= 0.6 is 11.6 Å². The third kappa shape index (κ3) is 6.14. The molecule has 34 heavy (non-hydrogen) atoms. The van der Waals surface area contributed by atoms with E-state index in [1.165, 1.54) is 13.2 Å². The van der Waals surface area contributed by atoms with Gasteiger partial charge < -0.3 is 20.5 Å². The number of carbonyl (C=O) groups excluding carboxylic acids is 2. The maximum Gasteiger partial charge on any atom is 0.337 e. The van der Waals surface area contributed by atoms with E-state index in [0.29, 0.717) is 29.3 Å². The number of ether oxygens (including phenoxy) is 1. The minimum atomic E-state index is -1.10. The van der Waals surface area contributed by atoms with E-state index in [0.717, 1.165) is 11.1 Å². The molecule has 0 saturated carbocycles. The molecule has 3 aromatic carbocycles. The lowest BCUT2D eigenvalue weighted by atomic mass is 9.98. The van der Waals surface area contributed by atoms with Gasteiger partial charge >= 0.3 is 5.97 Å². The smallest absolute Gasteiger partial charge is 0.337 e. The van der Waals surface area contributed by atoms with E-state index < -0.39 is 11.9 Å². The number of aromatic carboxylic acids is 1. The van der Waals surface area contributed by atoms with Crippen LogP contribution in [0.2, 0.25) is 5.02 Å². The van der Waals surface area contributed by atoms with Gasteiger partial charge in [0.25, 0.3) is 5.91 Å². The zero-order valence-corrected chi connectivity index (χ0v) is 19.6. The number of amides is 2. The molecular weight excluding hydrogens is 456 g/mol. The second-order valence-corrected chi connectivity index (χ2v) is 8.09. The highest BCUT2D eigenvalue weighted by atomic mass is 35.5. The van der Waals surface area contributed by atoms with Gasteiger partial charge in [0.2, 0.25) is 5.91 Å². The first-order chi connectivity index (χ1) is 16.3. The van der Waals surface area contributed by atoms with E-state index in [4.69, 9.17) is 16.3 Å². The zero-order valence-electron chi connectivity index (χ0n) is 18.8. The second-order valence-electron chi connectivity index (χ2n) is 7.65. The Balaban J connectivity index is 1.57. The number of rotatable bonds is 9. The SMILES string of the molecule is COc1ccc(Cl)cc1C(=O)NCCc1ccc(C(C)C(=O)Nc2ccccc2C(=O)O)cc1. The maximum atomic E-state index is 12.7. The monoisotopic (exact) mass is 480 g/mol. The molecule has 0 aromatic heterocycles. The van der Waals surface area contributed by atoms with Crippen molar-refractivity contribution in [1.29, 1.82) is 0 Å². The van der Waals surface area contributed by atoms with Crippen LogP contribution in [0.3, 0.4) is 0 Å². The molecule has 8 heteroatoms. The van der Waals surface area contributed by atoms with E-state index in [1.54, 1.807) is 43.3 Å². The predicted molar refractivity (Wildman–Crippen MR) is 131 cm³/mol. The first kappa shape index (κ1) is 24.8. The van der Waals surface area contributed by atoms with Crippen molar-refractivity contribution >= 4 is 35.1 Å². The van der Waals surface area contributed by atoms with E-state index in [1.807, 2.05) is 24.3 Å². The van der Waals surface area contributed by atoms with Crippen molar-refractivity contribution in [2.45, 2.75) is 19.3 Å². The largest absolute Gasteiger partial charge is 0.496 e. The molecule has 0 saturated heterocycles. The fourth-order valence-corrected chi connectivity index (χ4v) is 3.59.